The Morgan fingerprint density at radius 2 is 1.55 bits per heavy atom. The molecule has 2 nitrogen and oxygen atoms in total. The maximum absolute atomic E-state index is 6.12. The van der Waals surface area contributed by atoms with Crippen LogP contribution in [0.4, 0.5) is 17.1 Å². The van der Waals surface area contributed by atoms with Gasteiger partial charge in [-0.25, -0.2) is 0 Å². The zero-order valence-corrected chi connectivity index (χ0v) is 13.6. The topological polar surface area (TPSA) is 38.0 Å². The number of nitrogen functional groups attached to an aromatic ring is 1. The summed E-state index contributed by atoms with van der Waals surface area (Å²) in [6.45, 7) is 2.26. The fourth-order valence-corrected chi connectivity index (χ4v) is 2.68. The Kier molecular flexibility index (Phi) is 6.82. The molecule has 0 aliphatic heterocycles. The van der Waals surface area contributed by atoms with Gasteiger partial charge in [0.15, 0.2) is 0 Å². The van der Waals surface area contributed by atoms with Crippen molar-refractivity contribution in [3.8, 4) is 0 Å². The Balaban J connectivity index is 1.87. The summed E-state index contributed by atoms with van der Waals surface area (Å²) < 4.78 is 0. The maximum Gasteiger partial charge on any atom is 0.0388 e. The predicted octanol–water partition coefficient (Wildman–Crippen LogP) is 5.92. The molecule has 0 radical (unpaired) electrons. The van der Waals surface area contributed by atoms with Crippen molar-refractivity contribution in [3.63, 3.8) is 0 Å². The minimum absolute atomic E-state index is 0.909. The van der Waals surface area contributed by atoms with Crippen LogP contribution in [0.3, 0.4) is 0 Å². The molecule has 0 heterocycles. The van der Waals surface area contributed by atoms with Crippen LogP contribution in [-0.4, -0.2) is 0 Å². The van der Waals surface area contributed by atoms with E-state index in [0.29, 0.717) is 0 Å². The van der Waals surface area contributed by atoms with Crippen molar-refractivity contribution in [2.24, 2.45) is 0 Å². The van der Waals surface area contributed by atoms with Crippen molar-refractivity contribution in [1.29, 1.82) is 0 Å². The molecule has 2 rings (SSSR count). The van der Waals surface area contributed by atoms with Gasteiger partial charge in [0.25, 0.3) is 0 Å². The minimum Gasteiger partial charge on any atom is -0.399 e. The lowest BCUT2D eigenvalue weighted by molar-refractivity contribution is 0.608. The number of hydrogen-bond donors (Lipinski definition) is 2. The van der Waals surface area contributed by atoms with E-state index in [2.05, 4.69) is 30.4 Å². The number of nitrogens with two attached hydrogens (primary N) is 1. The van der Waals surface area contributed by atoms with E-state index in [4.69, 9.17) is 5.73 Å². The molecule has 0 spiro atoms. The Morgan fingerprint density at radius 1 is 0.818 bits per heavy atom. The average molecular weight is 296 g/mol. The average Bonchev–Trinajstić information content (AvgIpc) is 2.54. The first-order valence-electron chi connectivity index (χ1n) is 8.50. The van der Waals surface area contributed by atoms with Gasteiger partial charge in [0, 0.05) is 17.1 Å². The summed E-state index contributed by atoms with van der Waals surface area (Å²) in [5.74, 6) is 0. The van der Waals surface area contributed by atoms with E-state index in [-0.39, 0.29) is 0 Å². The van der Waals surface area contributed by atoms with Gasteiger partial charge >= 0.3 is 0 Å². The van der Waals surface area contributed by atoms with E-state index < -0.39 is 0 Å². The lowest BCUT2D eigenvalue weighted by atomic mass is 10.0. The molecule has 2 heteroatoms. The lowest BCUT2D eigenvalue weighted by Gasteiger charge is -2.11. The molecule has 3 N–H and O–H groups in total. The number of hydrogen-bond acceptors (Lipinski definition) is 2. The quantitative estimate of drug-likeness (QED) is 0.445. The fourth-order valence-electron chi connectivity index (χ4n) is 2.68. The lowest BCUT2D eigenvalue weighted by Crippen LogP contribution is -1.97. The molecule has 0 saturated heterocycles. The third-order valence-corrected chi connectivity index (χ3v) is 4.01. The summed E-state index contributed by atoms with van der Waals surface area (Å²) in [5.41, 5.74) is 10.5. The Morgan fingerprint density at radius 3 is 2.32 bits per heavy atom. The predicted molar refractivity (Wildman–Crippen MR) is 97.7 cm³/mol. The van der Waals surface area contributed by atoms with Crippen LogP contribution in [0.2, 0.25) is 0 Å². The summed E-state index contributed by atoms with van der Waals surface area (Å²) in [4.78, 5) is 0. The molecule has 0 aliphatic rings. The molecule has 0 aromatic heterocycles. The van der Waals surface area contributed by atoms with Crippen molar-refractivity contribution < 1.29 is 0 Å². The van der Waals surface area contributed by atoms with Crippen molar-refractivity contribution in [2.45, 2.75) is 51.9 Å². The second kappa shape index (κ2) is 9.14. The highest BCUT2D eigenvalue weighted by Gasteiger charge is 2.02. The summed E-state index contributed by atoms with van der Waals surface area (Å²) in [6, 6.07) is 16.5. The molecule has 0 unspecified atom stereocenters. The number of rotatable bonds is 9. The highest BCUT2D eigenvalue weighted by atomic mass is 14.9. The Labute approximate surface area is 134 Å². The van der Waals surface area contributed by atoms with E-state index in [1.165, 1.54) is 44.1 Å². The van der Waals surface area contributed by atoms with E-state index in [1.54, 1.807) is 0 Å². The zero-order valence-electron chi connectivity index (χ0n) is 13.6. The van der Waals surface area contributed by atoms with E-state index in [1.807, 2.05) is 30.3 Å². The van der Waals surface area contributed by atoms with Gasteiger partial charge < -0.3 is 11.1 Å². The van der Waals surface area contributed by atoms with Crippen LogP contribution in [0.1, 0.15) is 51.0 Å². The molecule has 2 aromatic carbocycles. The van der Waals surface area contributed by atoms with E-state index in [9.17, 15) is 0 Å². The number of unbranched alkanes of at least 4 members (excludes halogenated alkanes) is 5. The summed E-state index contributed by atoms with van der Waals surface area (Å²) >= 11 is 0. The normalized spacial score (nSPS) is 10.6. The fraction of sp³-hybridized carbons (Fsp3) is 0.400. The molecular formula is C20H28N2. The maximum atomic E-state index is 6.12. The van der Waals surface area contributed by atoms with Crippen LogP contribution >= 0.6 is 0 Å². The third-order valence-electron chi connectivity index (χ3n) is 4.01. The van der Waals surface area contributed by atoms with Gasteiger partial charge in [-0.2, -0.15) is 0 Å². The highest BCUT2D eigenvalue weighted by Crippen LogP contribution is 2.23. The van der Waals surface area contributed by atoms with Crippen molar-refractivity contribution in [2.75, 3.05) is 11.1 Å². The second-order valence-corrected chi connectivity index (χ2v) is 5.92. The Hall–Kier alpha value is -1.96. The van der Waals surface area contributed by atoms with Gasteiger partial charge in [0.05, 0.1) is 0 Å². The molecule has 0 aliphatic carbocycles. The first-order chi connectivity index (χ1) is 10.8. The van der Waals surface area contributed by atoms with Crippen molar-refractivity contribution >= 4 is 17.1 Å². The standard InChI is InChI=1S/C20H28N2/c1-2-3-4-5-6-8-11-17-16-19(14-15-20(17)21)22-18-12-9-7-10-13-18/h7,9-10,12-16,22H,2-6,8,11,21H2,1H3. The molecule has 0 atom stereocenters. The molecular weight excluding hydrogens is 268 g/mol. The number of benzene rings is 2. The first kappa shape index (κ1) is 16.4. The van der Waals surface area contributed by atoms with Crippen LogP contribution < -0.4 is 11.1 Å². The van der Waals surface area contributed by atoms with Crippen LogP contribution in [0, 0.1) is 0 Å². The highest BCUT2D eigenvalue weighted by molar-refractivity contribution is 5.64. The van der Waals surface area contributed by atoms with Gasteiger partial charge in [-0.05, 0) is 48.7 Å². The molecule has 22 heavy (non-hydrogen) atoms. The minimum atomic E-state index is 0.909. The van der Waals surface area contributed by atoms with Gasteiger partial charge in [-0.15, -0.1) is 0 Å². The number of para-hydroxylation sites is 1. The monoisotopic (exact) mass is 296 g/mol. The van der Waals surface area contributed by atoms with Crippen LogP contribution in [0.25, 0.3) is 0 Å². The molecule has 2 aromatic rings. The number of nitrogens with one attached hydrogen (secondary N) is 1. The van der Waals surface area contributed by atoms with Crippen LogP contribution in [0.5, 0.6) is 0 Å². The molecule has 0 bridgehead atoms. The first-order valence-corrected chi connectivity index (χ1v) is 8.50. The molecule has 0 saturated carbocycles. The summed E-state index contributed by atoms with van der Waals surface area (Å²) in [5, 5.41) is 3.43. The van der Waals surface area contributed by atoms with Crippen molar-refractivity contribution in [3.05, 3.63) is 54.1 Å². The number of aryl methyl sites for hydroxylation is 1. The largest absolute Gasteiger partial charge is 0.399 e. The third kappa shape index (κ3) is 5.44. The number of anilines is 3. The van der Waals surface area contributed by atoms with Crippen LogP contribution in [-0.2, 0) is 6.42 Å². The van der Waals surface area contributed by atoms with Gasteiger partial charge in [0.1, 0.15) is 0 Å². The van der Waals surface area contributed by atoms with Gasteiger partial charge in [-0.3, -0.25) is 0 Å². The Bertz CT molecular complexity index is 549. The second-order valence-electron chi connectivity index (χ2n) is 5.92. The summed E-state index contributed by atoms with van der Waals surface area (Å²) in [7, 11) is 0. The summed E-state index contributed by atoms with van der Waals surface area (Å²) in [6.07, 6.45) is 8.97. The SMILES string of the molecule is CCCCCCCCc1cc(Nc2ccccc2)ccc1N. The van der Waals surface area contributed by atoms with Crippen molar-refractivity contribution in [1.82, 2.24) is 0 Å². The smallest absolute Gasteiger partial charge is 0.0388 e. The van der Waals surface area contributed by atoms with Gasteiger partial charge in [-0.1, -0.05) is 57.2 Å². The zero-order chi connectivity index (χ0) is 15.6. The van der Waals surface area contributed by atoms with E-state index >= 15 is 0 Å². The van der Waals surface area contributed by atoms with E-state index in [0.717, 1.165) is 23.5 Å². The molecule has 0 fully saturated rings. The molecule has 0 amide bonds. The van der Waals surface area contributed by atoms with Gasteiger partial charge in [0.2, 0.25) is 0 Å². The van der Waals surface area contributed by atoms with Crippen LogP contribution in [0.15, 0.2) is 48.5 Å². The molecule has 118 valence electrons.